The predicted octanol–water partition coefficient (Wildman–Crippen LogP) is 7.15. The molecule has 6 rings (SSSR count). The highest BCUT2D eigenvalue weighted by Crippen LogP contribution is 2.46. The molecule has 2 aliphatic heterocycles. The van der Waals surface area contributed by atoms with E-state index < -0.39 is 47.3 Å². The first-order valence-corrected chi connectivity index (χ1v) is 15.3. The van der Waals surface area contributed by atoms with E-state index in [1.807, 2.05) is 4.90 Å². The Kier molecular flexibility index (Phi) is 8.44. The molecule has 0 unspecified atom stereocenters. The number of hydrogen-bond acceptors (Lipinski definition) is 8. The molecule has 3 aromatic rings. The normalized spacial score (nSPS) is 22.6. The van der Waals surface area contributed by atoms with Gasteiger partial charge in [-0.05, 0) is 80.5 Å². The number of aromatic nitrogens is 2. The van der Waals surface area contributed by atoms with Gasteiger partial charge in [-0.3, -0.25) is 9.69 Å². The average Bonchev–Trinajstić information content (AvgIpc) is 3.23. The molecule has 0 spiro atoms. The minimum atomic E-state index is -5.07. The van der Waals surface area contributed by atoms with Crippen molar-refractivity contribution in [3.63, 3.8) is 0 Å². The maximum absolute atomic E-state index is 13.6. The highest BCUT2D eigenvalue weighted by Gasteiger charge is 2.44. The molecule has 9 nitrogen and oxygen atoms in total. The molecule has 2 atom stereocenters. The number of aryl methyl sites for hydroxylation is 1. The van der Waals surface area contributed by atoms with Gasteiger partial charge in [-0.15, -0.1) is 0 Å². The Morgan fingerprint density at radius 1 is 1.00 bits per heavy atom. The molecule has 2 aromatic carbocycles. The van der Waals surface area contributed by atoms with Gasteiger partial charge < -0.3 is 19.5 Å². The number of nitrogens with zero attached hydrogens (tertiary/aromatic N) is 4. The molecule has 1 amide bonds. The Bertz CT molecular complexity index is 1720. The third kappa shape index (κ3) is 6.21. The molecule has 15 heteroatoms. The van der Waals surface area contributed by atoms with Gasteiger partial charge in [0.1, 0.15) is 11.9 Å². The van der Waals surface area contributed by atoms with Crippen LogP contribution in [-0.4, -0.2) is 58.3 Å². The number of alkyl halides is 6. The summed E-state index contributed by atoms with van der Waals surface area (Å²) in [5.41, 5.74) is -1.02. The molecular formula is C33H32F6N4O5. The van der Waals surface area contributed by atoms with Crippen LogP contribution in [0.15, 0.2) is 36.4 Å². The first-order valence-electron chi connectivity index (χ1n) is 15.3. The van der Waals surface area contributed by atoms with Gasteiger partial charge in [-0.1, -0.05) is 6.07 Å². The Morgan fingerprint density at radius 2 is 1.65 bits per heavy atom. The van der Waals surface area contributed by atoms with Crippen molar-refractivity contribution in [3.05, 3.63) is 70.0 Å². The largest absolute Gasteiger partial charge is 0.507 e. The maximum atomic E-state index is 13.6. The fourth-order valence-corrected chi connectivity index (χ4v) is 6.46. The SMILES string of the molecule is COC(=O)[C@H]1C[C@H](c2ccc(O)c(-c3c(C)nc(N4CCC4)nc3CN3C(=O)O[C@H](c4cc(C(F)(F)F)cc(C(F)(F)F)c4)[C@@H]3C)c2)C1. The van der Waals surface area contributed by atoms with Gasteiger partial charge in [-0.25, -0.2) is 14.8 Å². The number of cyclic esters (lactones) is 1. The van der Waals surface area contributed by atoms with Gasteiger partial charge in [0.2, 0.25) is 5.95 Å². The summed E-state index contributed by atoms with van der Waals surface area (Å²) < 4.78 is 91.9. The number of benzene rings is 2. The smallest absolute Gasteiger partial charge is 0.416 e. The Balaban J connectivity index is 1.36. The van der Waals surface area contributed by atoms with E-state index in [1.54, 1.807) is 19.1 Å². The van der Waals surface area contributed by atoms with Crippen LogP contribution < -0.4 is 4.90 Å². The van der Waals surface area contributed by atoms with E-state index in [0.29, 0.717) is 66.5 Å². The van der Waals surface area contributed by atoms with Crippen LogP contribution in [0.2, 0.25) is 0 Å². The van der Waals surface area contributed by atoms with Gasteiger partial charge in [0.15, 0.2) is 0 Å². The maximum Gasteiger partial charge on any atom is 0.416 e. The number of methoxy groups -OCH3 is 1. The van der Waals surface area contributed by atoms with E-state index >= 15 is 0 Å². The molecule has 0 radical (unpaired) electrons. The number of esters is 1. The van der Waals surface area contributed by atoms with Gasteiger partial charge in [0, 0.05) is 24.2 Å². The number of ether oxygens (including phenoxy) is 2. The highest BCUT2D eigenvalue weighted by molar-refractivity contribution is 5.77. The molecule has 1 aliphatic carbocycles. The van der Waals surface area contributed by atoms with Crippen LogP contribution in [0.3, 0.4) is 0 Å². The minimum absolute atomic E-state index is 0.0236. The van der Waals surface area contributed by atoms with E-state index in [0.717, 1.165) is 12.0 Å². The van der Waals surface area contributed by atoms with Gasteiger partial charge in [-0.2, -0.15) is 26.3 Å². The second-order valence-electron chi connectivity index (χ2n) is 12.4. The highest BCUT2D eigenvalue weighted by atomic mass is 19.4. The second kappa shape index (κ2) is 12.2. The number of hydrogen-bond donors (Lipinski definition) is 1. The molecule has 256 valence electrons. The number of anilines is 1. The molecule has 3 fully saturated rings. The first-order chi connectivity index (χ1) is 22.5. The predicted molar refractivity (Wildman–Crippen MR) is 159 cm³/mol. The second-order valence-corrected chi connectivity index (χ2v) is 12.4. The van der Waals surface area contributed by atoms with Gasteiger partial charge in [0.25, 0.3) is 0 Å². The third-order valence-electron chi connectivity index (χ3n) is 9.38. The van der Waals surface area contributed by atoms with Crippen molar-refractivity contribution in [3.8, 4) is 16.9 Å². The fourth-order valence-electron chi connectivity index (χ4n) is 6.46. The lowest BCUT2D eigenvalue weighted by Crippen LogP contribution is -2.39. The zero-order valence-corrected chi connectivity index (χ0v) is 26.2. The molecule has 1 N–H and O–H groups in total. The summed E-state index contributed by atoms with van der Waals surface area (Å²) in [4.78, 5) is 37.7. The molecule has 48 heavy (non-hydrogen) atoms. The summed E-state index contributed by atoms with van der Waals surface area (Å²) in [6.45, 7) is 4.35. The first kappa shape index (κ1) is 33.3. The molecular weight excluding hydrogens is 646 g/mol. The average molecular weight is 679 g/mol. The minimum Gasteiger partial charge on any atom is -0.507 e. The number of amides is 1. The molecule has 1 saturated carbocycles. The zero-order chi connectivity index (χ0) is 34.7. The number of aromatic hydroxyl groups is 1. The summed E-state index contributed by atoms with van der Waals surface area (Å²) in [6.07, 6.45) is -10.5. The van der Waals surface area contributed by atoms with Gasteiger partial charge >= 0.3 is 24.4 Å². The Labute approximate surface area is 271 Å². The Morgan fingerprint density at radius 3 is 2.21 bits per heavy atom. The van der Waals surface area contributed by atoms with Crippen LogP contribution in [0.1, 0.15) is 71.8 Å². The number of phenolic OH excluding ortho intramolecular Hbond substituents is 1. The summed E-state index contributed by atoms with van der Waals surface area (Å²) in [5.74, 6) is -0.193. The van der Waals surface area contributed by atoms with E-state index in [-0.39, 0.29) is 36.2 Å². The van der Waals surface area contributed by atoms with Crippen LogP contribution in [0.5, 0.6) is 5.75 Å². The van der Waals surface area contributed by atoms with Crippen LogP contribution in [0.25, 0.3) is 11.1 Å². The summed E-state index contributed by atoms with van der Waals surface area (Å²) in [6, 6.07) is 5.21. The molecule has 1 aromatic heterocycles. The molecule has 3 heterocycles. The number of phenols is 1. The molecule has 3 aliphatic rings. The van der Waals surface area contributed by atoms with Crippen molar-refractivity contribution >= 4 is 18.0 Å². The third-order valence-corrected chi connectivity index (χ3v) is 9.38. The van der Waals surface area contributed by atoms with E-state index in [4.69, 9.17) is 14.5 Å². The van der Waals surface area contributed by atoms with Crippen LogP contribution in [0, 0.1) is 12.8 Å². The zero-order valence-electron chi connectivity index (χ0n) is 26.2. The van der Waals surface area contributed by atoms with Crippen molar-refractivity contribution in [2.45, 2.75) is 70.1 Å². The van der Waals surface area contributed by atoms with E-state index in [2.05, 4.69) is 4.98 Å². The topological polar surface area (TPSA) is 105 Å². The summed E-state index contributed by atoms with van der Waals surface area (Å²) in [5, 5.41) is 11.0. The van der Waals surface area contributed by atoms with E-state index in [1.165, 1.54) is 25.0 Å². The number of carbonyl (C=O) groups is 2. The lowest BCUT2D eigenvalue weighted by Gasteiger charge is -2.34. The van der Waals surface area contributed by atoms with Crippen molar-refractivity contribution in [1.82, 2.24) is 14.9 Å². The van der Waals surface area contributed by atoms with Crippen molar-refractivity contribution in [2.24, 2.45) is 5.92 Å². The van der Waals surface area contributed by atoms with Crippen LogP contribution in [-0.2, 0) is 33.2 Å². The lowest BCUT2D eigenvalue weighted by molar-refractivity contribution is -0.149. The van der Waals surface area contributed by atoms with Crippen LogP contribution >= 0.6 is 0 Å². The summed E-state index contributed by atoms with van der Waals surface area (Å²) in [7, 11) is 1.33. The quantitative estimate of drug-likeness (QED) is 0.208. The lowest BCUT2D eigenvalue weighted by atomic mass is 9.71. The number of rotatable bonds is 7. The van der Waals surface area contributed by atoms with Crippen molar-refractivity contribution in [2.75, 3.05) is 25.1 Å². The monoisotopic (exact) mass is 678 g/mol. The number of halogens is 6. The molecule has 0 bridgehead atoms. The molecule has 2 saturated heterocycles. The van der Waals surface area contributed by atoms with Crippen LogP contribution in [0.4, 0.5) is 37.1 Å². The summed E-state index contributed by atoms with van der Waals surface area (Å²) >= 11 is 0. The van der Waals surface area contributed by atoms with Crippen molar-refractivity contribution < 1.29 is 50.5 Å². The Hall–Kier alpha value is -4.56. The fraction of sp³-hybridized carbons (Fsp3) is 0.455. The number of carbonyl (C=O) groups excluding carboxylic acids is 2. The standard InChI is InChI=1S/C33H32F6N4O5/c1-16-27(24-13-18(5-6-26(24)44)19-9-21(10-19)29(45)47-3)25(41-30(40-16)42-7-4-8-42)15-43-17(2)28(48-31(43)46)20-11-22(32(34,35)36)14-23(12-20)33(37,38)39/h5-6,11-14,17,19,21,28,44H,4,7-10,15H2,1-3H3/t17-,19-,21-,28-/m0/s1. The van der Waals surface area contributed by atoms with Crippen molar-refractivity contribution in [1.29, 1.82) is 0 Å². The van der Waals surface area contributed by atoms with Gasteiger partial charge in [0.05, 0.1) is 48.1 Å². The van der Waals surface area contributed by atoms with E-state index in [9.17, 15) is 41.0 Å².